The number of aliphatic hydroxyl groups is 1. The summed E-state index contributed by atoms with van der Waals surface area (Å²) in [5, 5.41) is 11.1. The number of halogens is 1. The minimum absolute atomic E-state index is 0.199. The summed E-state index contributed by atoms with van der Waals surface area (Å²) in [5.74, 6) is 1.03. The van der Waals surface area contributed by atoms with Crippen LogP contribution in [0.25, 0.3) is 0 Å². The van der Waals surface area contributed by atoms with Crippen molar-refractivity contribution in [2.45, 2.75) is 66.3 Å². The van der Waals surface area contributed by atoms with Crippen LogP contribution in [0.15, 0.2) is 64.1 Å². The predicted octanol–water partition coefficient (Wildman–Crippen LogP) is 5.95. The average molecular weight is 386 g/mol. The van der Waals surface area contributed by atoms with E-state index in [1.807, 2.05) is 45.9 Å². The molecular formula is C24H32FNO2. The highest BCUT2D eigenvalue weighted by atomic mass is 19.1. The number of hydrogen-bond acceptors (Lipinski definition) is 3. The third kappa shape index (κ3) is 5.91. The fourth-order valence-electron chi connectivity index (χ4n) is 3.21. The normalized spacial score (nSPS) is 11.8. The van der Waals surface area contributed by atoms with Gasteiger partial charge >= 0.3 is 0 Å². The van der Waals surface area contributed by atoms with Crippen molar-refractivity contribution in [1.29, 1.82) is 0 Å². The van der Waals surface area contributed by atoms with E-state index in [9.17, 15) is 9.50 Å². The Labute approximate surface area is 168 Å². The Kier molecular flexibility index (Phi) is 7.39. The van der Waals surface area contributed by atoms with Crippen molar-refractivity contribution in [3.05, 3.63) is 82.6 Å². The van der Waals surface area contributed by atoms with Crippen LogP contribution < -0.4 is 0 Å². The molecule has 0 radical (unpaired) electrons. The molecule has 28 heavy (non-hydrogen) atoms. The summed E-state index contributed by atoms with van der Waals surface area (Å²) in [4.78, 5) is 2.14. The lowest BCUT2D eigenvalue weighted by atomic mass is 9.95. The first-order valence-electron chi connectivity index (χ1n) is 9.72. The van der Waals surface area contributed by atoms with E-state index in [1.54, 1.807) is 24.3 Å². The van der Waals surface area contributed by atoms with Crippen molar-refractivity contribution in [3.8, 4) is 0 Å². The predicted molar refractivity (Wildman–Crippen MR) is 112 cm³/mol. The van der Waals surface area contributed by atoms with Gasteiger partial charge in [0, 0.05) is 18.2 Å². The lowest BCUT2D eigenvalue weighted by Crippen LogP contribution is -2.30. The van der Waals surface area contributed by atoms with Gasteiger partial charge in [-0.1, -0.05) is 29.3 Å². The molecule has 1 aromatic heterocycles. The molecule has 0 spiro atoms. The number of nitrogens with zero attached hydrogens (tertiary/aromatic N) is 1. The molecule has 1 N–H and O–H groups in total. The van der Waals surface area contributed by atoms with Crippen molar-refractivity contribution in [3.63, 3.8) is 0 Å². The summed E-state index contributed by atoms with van der Waals surface area (Å²) < 4.78 is 20.1. The van der Waals surface area contributed by atoms with Gasteiger partial charge in [0.2, 0.25) is 0 Å². The summed E-state index contributed by atoms with van der Waals surface area (Å²) in [5.41, 5.74) is 1.39. The SMILES string of the molecule is CC(C)=CC(O)(C=C(C)C)c1ccc(CN(Cc2ccccc2F)C(C)C)o1. The van der Waals surface area contributed by atoms with Gasteiger partial charge in [0.05, 0.1) is 6.54 Å². The van der Waals surface area contributed by atoms with Crippen molar-refractivity contribution in [2.24, 2.45) is 0 Å². The molecule has 1 aromatic carbocycles. The van der Waals surface area contributed by atoms with Gasteiger partial charge in [-0.05, 0) is 71.9 Å². The lowest BCUT2D eigenvalue weighted by Gasteiger charge is -2.26. The molecule has 2 rings (SSSR count). The van der Waals surface area contributed by atoms with Crippen LogP contribution in [-0.2, 0) is 18.7 Å². The summed E-state index contributed by atoms with van der Waals surface area (Å²) in [7, 11) is 0. The van der Waals surface area contributed by atoms with Gasteiger partial charge in [-0.3, -0.25) is 4.90 Å². The summed E-state index contributed by atoms with van der Waals surface area (Å²) in [6.07, 6.45) is 3.59. The first-order chi connectivity index (χ1) is 13.1. The zero-order valence-corrected chi connectivity index (χ0v) is 17.8. The van der Waals surface area contributed by atoms with Crippen LogP contribution in [0.4, 0.5) is 4.39 Å². The van der Waals surface area contributed by atoms with Crippen LogP contribution in [0.2, 0.25) is 0 Å². The van der Waals surface area contributed by atoms with E-state index in [4.69, 9.17) is 4.42 Å². The maximum Gasteiger partial charge on any atom is 0.159 e. The number of furan rings is 1. The van der Waals surface area contributed by atoms with Gasteiger partial charge in [0.1, 0.15) is 17.3 Å². The molecule has 0 amide bonds. The van der Waals surface area contributed by atoms with E-state index in [-0.39, 0.29) is 11.9 Å². The third-order valence-electron chi connectivity index (χ3n) is 4.49. The molecule has 2 aromatic rings. The Morgan fingerprint density at radius 2 is 1.64 bits per heavy atom. The minimum atomic E-state index is -1.27. The number of benzene rings is 1. The zero-order valence-electron chi connectivity index (χ0n) is 17.8. The summed E-state index contributed by atoms with van der Waals surface area (Å²) >= 11 is 0. The molecule has 4 heteroatoms. The van der Waals surface area contributed by atoms with Crippen LogP contribution >= 0.6 is 0 Å². The second-order valence-corrected chi connectivity index (χ2v) is 8.12. The Hall–Kier alpha value is -2.17. The standard InChI is InChI=1S/C24H32FNO2/c1-17(2)13-24(27,14-18(3)4)23-12-11-21(28-23)16-26(19(5)6)15-20-9-7-8-10-22(20)25/h7-14,19,27H,15-16H2,1-6H3. The molecule has 0 unspecified atom stereocenters. The topological polar surface area (TPSA) is 36.6 Å². The second-order valence-electron chi connectivity index (χ2n) is 8.12. The highest BCUT2D eigenvalue weighted by Crippen LogP contribution is 2.30. The number of allylic oxidation sites excluding steroid dienone is 2. The van der Waals surface area contributed by atoms with Crippen molar-refractivity contribution >= 4 is 0 Å². The van der Waals surface area contributed by atoms with Crippen LogP contribution in [0, 0.1) is 5.82 Å². The second kappa shape index (κ2) is 9.35. The van der Waals surface area contributed by atoms with Crippen LogP contribution in [0.5, 0.6) is 0 Å². The third-order valence-corrected chi connectivity index (χ3v) is 4.49. The smallest absolute Gasteiger partial charge is 0.159 e. The Morgan fingerprint density at radius 1 is 1.04 bits per heavy atom. The molecular weight excluding hydrogens is 353 g/mol. The molecule has 0 aliphatic carbocycles. The Balaban J connectivity index is 2.26. The molecule has 0 fully saturated rings. The van der Waals surface area contributed by atoms with E-state index < -0.39 is 5.60 Å². The molecule has 152 valence electrons. The molecule has 0 bridgehead atoms. The van der Waals surface area contributed by atoms with Gasteiger partial charge in [-0.25, -0.2) is 4.39 Å². The fraction of sp³-hybridized carbons (Fsp3) is 0.417. The van der Waals surface area contributed by atoms with E-state index in [1.165, 1.54) is 6.07 Å². The van der Waals surface area contributed by atoms with E-state index in [0.29, 0.717) is 24.4 Å². The minimum Gasteiger partial charge on any atom is -0.461 e. The molecule has 0 saturated carbocycles. The van der Waals surface area contributed by atoms with Crippen LogP contribution in [0.3, 0.4) is 0 Å². The van der Waals surface area contributed by atoms with E-state index in [2.05, 4.69) is 18.7 Å². The molecule has 1 heterocycles. The summed E-state index contributed by atoms with van der Waals surface area (Å²) in [6, 6.07) is 10.7. The molecule has 0 aliphatic rings. The first kappa shape index (κ1) is 22.1. The first-order valence-corrected chi connectivity index (χ1v) is 9.72. The largest absolute Gasteiger partial charge is 0.461 e. The number of hydrogen-bond donors (Lipinski definition) is 1. The van der Waals surface area contributed by atoms with Gasteiger partial charge in [-0.15, -0.1) is 0 Å². The van der Waals surface area contributed by atoms with Crippen LogP contribution in [-0.4, -0.2) is 16.0 Å². The van der Waals surface area contributed by atoms with E-state index >= 15 is 0 Å². The molecule has 0 aliphatic heterocycles. The quantitative estimate of drug-likeness (QED) is 0.571. The Morgan fingerprint density at radius 3 is 2.18 bits per heavy atom. The van der Waals surface area contributed by atoms with E-state index in [0.717, 1.165) is 16.9 Å². The van der Waals surface area contributed by atoms with Crippen molar-refractivity contribution in [1.82, 2.24) is 4.90 Å². The average Bonchev–Trinajstić information content (AvgIpc) is 3.04. The van der Waals surface area contributed by atoms with Crippen molar-refractivity contribution < 1.29 is 13.9 Å². The van der Waals surface area contributed by atoms with Gasteiger partial charge < -0.3 is 9.52 Å². The van der Waals surface area contributed by atoms with Gasteiger partial charge in [-0.2, -0.15) is 0 Å². The molecule has 3 nitrogen and oxygen atoms in total. The lowest BCUT2D eigenvalue weighted by molar-refractivity contribution is 0.108. The van der Waals surface area contributed by atoms with Crippen molar-refractivity contribution in [2.75, 3.05) is 0 Å². The fourth-order valence-corrected chi connectivity index (χ4v) is 3.21. The van der Waals surface area contributed by atoms with Crippen LogP contribution in [0.1, 0.15) is 58.6 Å². The monoisotopic (exact) mass is 385 g/mol. The van der Waals surface area contributed by atoms with Gasteiger partial charge in [0.15, 0.2) is 5.60 Å². The molecule has 0 atom stereocenters. The highest BCUT2D eigenvalue weighted by molar-refractivity contribution is 5.30. The highest BCUT2D eigenvalue weighted by Gasteiger charge is 2.28. The Bertz CT molecular complexity index is 822. The summed E-state index contributed by atoms with van der Waals surface area (Å²) in [6.45, 7) is 13.0. The number of rotatable bonds is 8. The zero-order chi connectivity index (χ0) is 20.9. The molecule has 0 saturated heterocycles. The maximum atomic E-state index is 14.1. The van der Waals surface area contributed by atoms with Gasteiger partial charge in [0.25, 0.3) is 0 Å². The maximum absolute atomic E-state index is 14.1.